The summed E-state index contributed by atoms with van der Waals surface area (Å²) in [7, 11) is 0. The molecule has 1 rings (SSSR count). The average Bonchev–Trinajstić information content (AvgIpc) is 3.41. The SMILES string of the molecule is CC/C=C\C/C=C\C/C=C\C/C=C\C/C=C\CCCCCCCCCCC(O)C(=O)NC(COC1OC(CO)C(O)C(O)C1OC(=O)CCCCCCC/C=C\CCCC)C(O)/C=C/CCCCCCCCCCC. The van der Waals surface area contributed by atoms with Crippen LogP contribution in [0, 0.1) is 0 Å². The van der Waals surface area contributed by atoms with Crippen molar-refractivity contribution in [2.24, 2.45) is 0 Å². The predicted molar refractivity (Wildman–Crippen MR) is 310 cm³/mol. The number of allylic oxidation sites excluding steroid dienone is 13. The lowest BCUT2D eigenvalue weighted by molar-refractivity contribution is -0.305. The highest BCUT2D eigenvalue weighted by Crippen LogP contribution is 2.26. The molecule has 0 aliphatic carbocycles. The van der Waals surface area contributed by atoms with Crippen molar-refractivity contribution in [1.82, 2.24) is 5.32 Å². The van der Waals surface area contributed by atoms with Gasteiger partial charge >= 0.3 is 5.97 Å². The van der Waals surface area contributed by atoms with E-state index < -0.39 is 67.4 Å². The van der Waals surface area contributed by atoms with Gasteiger partial charge in [0.1, 0.15) is 24.4 Å². The fourth-order valence-corrected chi connectivity index (χ4v) is 8.95. The van der Waals surface area contributed by atoms with Crippen LogP contribution < -0.4 is 5.32 Å². The van der Waals surface area contributed by atoms with Gasteiger partial charge in [0.25, 0.3) is 0 Å². The Labute approximate surface area is 457 Å². The Morgan fingerprint density at radius 1 is 0.533 bits per heavy atom. The van der Waals surface area contributed by atoms with Gasteiger partial charge in [0.05, 0.1) is 25.4 Å². The molecule has 0 bridgehead atoms. The van der Waals surface area contributed by atoms with Gasteiger partial charge in [-0.3, -0.25) is 9.59 Å². The molecule has 8 unspecified atom stereocenters. The molecule has 0 spiro atoms. The smallest absolute Gasteiger partial charge is 0.306 e. The largest absolute Gasteiger partial charge is 0.454 e. The van der Waals surface area contributed by atoms with Crippen LogP contribution in [0.25, 0.3) is 0 Å². The van der Waals surface area contributed by atoms with Crippen molar-refractivity contribution in [2.75, 3.05) is 13.2 Å². The molecular weight excluding hydrogens is 943 g/mol. The lowest BCUT2D eigenvalue weighted by Crippen LogP contribution is -2.61. The van der Waals surface area contributed by atoms with Gasteiger partial charge in [0.2, 0.25) is 5.91 Å². The van der Waals surface area contributed by atoms with Crippen LogP contribution in [0.4, 0.5) is 0 Å². The molecule has 1 fully saturated rings. The highest BCUT2D eigenvalue weighted by molar-refractivity contribution is 5.80. The van der Waals surface area contributed by atoms with E-state index in [1.54, 1.807) is 6.08 Å². The summed E-state index contributed by atoms with van der Waals surface area (Å²) < 4.78 is 17.5. The average molecular weight is 1050 g/mol. The van der Waals surface area contributed by atoms with Crippen LogP contribution in [0.1, 0.15) is 245 Å². The Bertz CT molecular complexity index is 1540. The van der Waals surface area contributed by atoms with E-state index in [4.69, 9.17) is 14.2 Å². The monoisotopic (exact) mass is 1050 g/mol. The molecule has 1 aliphatic heterocycles. The molecule has 1 heterocycles. The van der Waals surface area contributed by atoms with Gasteiger partial charge in [-0.25, -0.2) is 0 Å². The Morgan fingerprint density at radius 3 is 1.49 bits per heavy atom. The molecule has 11 heteroatoms. The first-order valence-electron chi connectivity index (χ1n) is 30.4. The number of nitrogens with one attached hydrogen (secondary N) is 1. The summed E-state index contributed by atoms with van der Waals surface area (Å²) in [5, 5.41) is 56.8. The maximum absolute atomic E-state index is 13.4. The van der Waals surface area contributed by atoms with Gasteiger partial charge in [0, 0.05) is 6.42 Å². The van der Waals surface area contributed by atoms with Crippen molar-refractivity contribution in [1.29, 1.82) is 0 Å². The second-order valence-corrected chi connectivity index (χ2v) is 20.7. The molecule has 0 aromatic heterocycles. The molecule has 0 aromatic rings. The zero-order chi connectivity index (χ0) is 54.7. The Morgan fingerprint density at radius 2 is 0.973 bits per heavy atom. The van der Waals surface area contributed by atoms with E-state index in [0.29, 0.717) is 12.8 Å². The number of unbranched alkanes of at least 4 members (excludes halogenated alkanes) is 24. The number of hydrogen-bond acceptors (Lipinski definition) is 10. The van der Waals surface area contributed by atoms with Crippen molar-refractivity contribution < 1.29 is 49.3 Å². The summed E-state index contributed by atoms with van der Waals surface area (Å²) in [6.45, 7) is 5.60. The van der Waals surface area contributed by atoms with Crippen molar-refractivity contribution in [3.8, 4) is 0 Å². The molecule has 1 aliphatic rings. The van der Waals surface area contributed by atoms with Crippen LogP contribution in [0.2, 0.25) is 0 Å². The molecule has 0 radical (unpaired) electrons. The number of aliphatic hydroxyl groups is 5. The van der Waals surface area contributed by atoms with Gasteiger partial charge in [-0.2, -0.15) is 0 Å². The molecule has 0 aromatic carbocycles. The van der Waals surface area contributed by atoms with Crippen molar-refractivity contribution in [3.63, 3.8) is 0 Å². The maximum atomic E-state index is 13.4. The number of ether oxygens (including phenoxy) is 3. The fraction of sp³-hybridized carbons (Fsp3) is 0.750. The van der Waals surface area contributed by atoms with E-state index in [0.717, 1.165) is 116 Å². The second kappa shape index (κ2) is 51.6. The summed E-state index contributed by atoms with van der Waals surface area (Å²) in [5.74, 6) is -1.22. The summed E-state index contributed by atoms with van der Waals surface area (Å²) in [4.78, 5) is 26.4. The number of esters is 1. The fourth-order valence-electron chi connectivity index (χ4n) is 8.95. The normalized spacial score (nSPS) is 19.8. The van der Waals surface area contributed by atoms with Gasteiger partial charge in [-0.1, -0.05) is 234 Å². The van der Waals surface area contributed by atoms with E-state index in [-0.39, 0.29) is 19.4 Å². The zero-order valence-corrected chi connectivity index (χ0v) is 47.6. The number of aliphatic hydroxyl groups excluding tert-OH is 5. The number of carbonyl (C=O) groups excluding carboxylic acids is 2. The minimum absolute atomic E-state index is 0.110. The number of amides is 1. The van der Waals surface area contributed by atoms with Gasteiger partial charge in [-0.05, 0) is 89.9 Å². The maximum Gasteiger partial charge on any atom is 0.306 e. The second-order valence-electron chi connectivity index (χ2n) is 20.7. The predicted octanol–water partition coefficient (Wildman–Crippen LogP) is 14.2. The third-order valence-electron chi connectivity index (χ3n) is 13.8. The third-order valence-corrected chi connectivity index (χ3v) is 13.8. The molecule has 432 valence electrons. The quantitative estimate of drug-likeness (QED) is 0.0195. The van der Waals surface area contributed by atoms with Crippen LogP contribution in [0.5, 0.6) is 0 Å². The molecule has 1 saturated heterocycles. The number of hydrogen-bond donors (Lipinski definition) is 6. The lowest BCUT2D eigenvalue weighted by Gasteiger charge is -2.41. The Kier molecular flexibility index (Phi) is 48.0. The molecule has 1 amide bonds. The van der Waals surface area contributed by atoms with E-state index >= 15 is 0 Å². The first-order chi connectivity index (χ1) is 36.7. The Hall–Kier alpha value is -3.16. The summed E-state index contributed by atoms with van der Waals surface area (Å²) in [6.07, 6.45) is 56.3. The minimum atomic E-state index is -1.62. The zero-order valence-electron chi connectivity index (χ0n) is 47.6. The topological polar surface area (TPSA) is 175 Å². The number of carbonyl (C=O) groups is 2. The van der Waals surface area contributed by atoms with E-state index in [9.17, 15) is 35.1 Å². The Balaban J connectivity index is 2.63. The summed E-state index contributed by atoms with van der Waals surface area (Å²) in [6, 6.07) is -1.03. The van der Waals surface area contributed by atoms with Gasteiger partial charge in [0.15, 0.2) is 12.4 Å². The minimum Gasteiger partial charge on any atom is -0.454 e. The van der Waals surface area contributed by atoms with Crippen LogP contribution in [-0.4, -0.2) is 99.6 Å². The molecule has 11 nitrogen and oxygen atoms in total. The summed E-state index contributed by atoms with van der Waals surface area (Å²) in [5.41, 5.74) is 0. The first kappa shape index (κ1) is 69.9. The standard InChI is InChI=1S/C64H111NO10/c1-4-7-10-13-16-19-22-23-24-25-26-27-28-29-30-31-32-33-34-37-39-42-45-48-51-57(68)63(72)65-55(56(67)50-47-44-41-38-35-20-17-14-11-8-5-2)54-73-64-62(61(71)60(70)58(53-66)74-64)75-59(69)52-49-46-43-40-36-21-18-15-12-9-6-3/h7,10,15-16,18-19,23-24,26-27,29-30,47,50,55-58,60-62,64,66-68,70-71H,4-6,8-9,11-14,17,20-22,25,28,31-46,48-49,51-54H2,1-3H3,(H,65,72)/b10-7-,18-15-,19-16-,24-23-,27-26-,30-29-,50-47+. The van der Waals surface area contributed by atoms with Crippen molar-refractivity contribution >= 4 is 11.9 Å². The van der Waals surface area contributed by atoms with Crippen molar-refractivity contribution in [3.05, 3.63) is 85.1 Å². The first-order valence-corrected chi connectivity index (χ1v) is 30.4. The lowest BCUT2D eigenvalue weighted by atomic mass is 9.99. The van der Waals surface area contributed by atoms with Crippen LogP contribution >= 0.6 is 0 Å². The highest BCUT2D eigenvalue weighted by atomic mass is 16.7. The van der Waals surface area contributed by atoms with Crippen molar-refractivity contribution in [2.45, 2.75) is 294 Å². The molecule has 75 heavy (non-hydrogen) atoms. The summed E-state index contributed by atoms with van der Waals surface area (Å²) >= 11 is 0. The van der Waals surface area contributed by atoms with E-state index in [1.165, 1.54) is 83.5 Å². The van der Waals surface area contributed by atoms with E-state index in [1.807, 2.05) is 6.08 Å². The van der Waals surface area contributed by atoms with Gasteiger partial charge < -0.3 is 45.1 Å². The van der Waals surface area contributed by atoms with Crippen LogP contribution in [-0.2, 0) is 23.8 Å². The third kappa shape index (κ3) is 39.8. The van der Waals surface area contributed by atoms with Crippen LogP contribution in [0.15, 0.2) is 85.1 Å². The number of rotatable bonds is 50. The molecule has 6 N–H and O–H groups in total. The molecular formula is C64H111NO10. The molecule has 0 saturated carbocycles. The van der Waals surface area contributed by atoms with E-state index in [2.05, 4.69) is 99.0 Å². The highest BCUT2D eigenvalue weighted by Gasteiger charge is 2.47. The van der Waals surface area contributed by atoms with Gasteiger partial charge in [-0.15, -0.1) is 0 Å². The van der Waals surface area contributed by atoms with Crippen LogP contribution in [0.3, 0.4) is 0 Å². The molecule has 8 atom stereocenters.